The minimum atomic E-state index is -0.425. The number of hydrogen-bond donors (Lipinski definition) is 2. The van der Waals surface area contributed by atoms with Crippen LogP contribution in [0.25, 0.3) is 0 Å². The number of rotatable bonds is 2. The third-order valence-electron chi connectivity index (χ3n) is 1.29. The molecule has 1 aromatic heterocycles. The molecule has 1 aromatic rings. The predicted octanol–water partition coefficient (Wildman–Crippen LogP) is 0.467. The fourth-order valence-corrected chi connectivity index (χ4v) is 1.49. The summed E-state index contributed by atoms with van der Waals surface area (Å²) in [4.78, 5) is 12.0. The van der Waals surface area contributed by atoms with E-state index in [1.165, 1.54) is 11.3 Å². The molecule has 0 aliphatic rings. The summed E-state index contributed by atoms with van der Waals surface area (Å²) in [5.74, 6) is 5.01. The van der Waals surface area contributed by atoms with Crippen LogP contribution >= 0.6 is 11.3 Å². The Morgan fingerprint density at radius 1 is 1.62 bits per heavy atom. The molecule has 0 atom stereocenters. The van der Waals surface area contributed by atoms with Crippen molar-refractivity contribution in [2.24, 2.45) is 5.73 Å². The minimum Gasteiger partial charge on any atom is -0.391 e. The summed E-state index contributed by atoms with van der Waals surface area (Å²) in [7, 11) is 0. The van der Waals surface area contributed by atoms with Crippen LogP contribution in [0.5, 0.6) is 0 Å². The molecule has 68 valence electrons. The quantitative estimate of drug-likeness (QED) is 0.674. The van der Waals surface area contributed by atoms with Crippen molar-refractivity contribution >= 4 is 17.2 Å². The molecule has 13 heavy (non-hydrogen) atoms. The third-order valence-corrected chi connectivity index (χ3v) is 2.28. The maximum atomic E-state index is 10.3. The van der Waals surface area contributed by atoms with Gasteiger partial charge in [-0.3, -0.25) is 4.79 Å². The number of hydrogen-bond acceptors (Lipinski definition) is 3. The van der Waals surface area contributed by atoms with Crippen LogP contribution in [0.3, 0.4) is 0 Å². The van der Waals surface area contributed by atoms with Gasteiger partial charge in [0.1, 0.15) is 0 Å². The first-order valence-corrected chi connectivity index (χ1v) is 4.51. The normalized spacial score (nSPS) is 9.00. The molecule has 0 fully saturated rings. The van der Waals surface area contributed by atoms with Gasteiger partial charge in [-0.1, -0.05) is 11.8 Å². The lowest BCUT2D eigenvalue weighted by Crippen LogP contribution is -2.08. The first-order chi connectivity index (χ1) is 6.22. The number of amides is 1. The van der Waals surface area contributed by atoms with Crippen molar-refractivity contribution in [2.75, 3.05) is 0 Å². The standard InChI is InChI=1S/C9H9NO2S/c10-9(12)3-1-2-7-4-5-8(6-11)13-7/h4-5,11H,3,6H2,(H2,10,12). The highest BCUT2D eigenvalue weighted by atomic mass is 32.1. The number of carbonyl (C=O) groups is 1. The third kappa shape index (κ3) is 3.28. The molecule has 3 nitrogen and oxygen atoms in total. The zero-order valence-electron chi connectivity index (χ0n) is 6.91. The van der Waals surface area contributed by atoms with Crippen LogP contribution in [-0.4, -0.2) is 11.0 Å². The van der Waals surface area contributed by atoms with Crippen molar-refractivity contribution in [1.29, 1.82) is 0 Å². The van der Waals surface area contributed by atoms with E-state index < -0.39 is 5.91 Å². The van der Waals surface area contributed by atoms with E-state index in [2.05, 4.69) is 11.8 Å². The molecule has 0 unspecified atom stereocenters. The smallest absolute Gasteiger partial charge is 0.229 e. The Kier molecular flexibility index (Phi) is 3.50. The molecular weight excluding hydrogens is 186 g/mol. The van der Waals surface area contributed by atoms with Crippen molar-refractivity contribution in [3.63, 3.8) is 0 Å². The maximum Gasteiger partial charge on any atom is 0.229 e. The monoisotopic (exact) mass is 195 g/mol. The summed E-state index contributed by atoms with van der Waals surface area (Å²) in [6.07, 6.45) is 0.0758. The molecule has 0 aliphatic carbocycles. The summed E-state index contributed by atoms with van der Waals surface area (Å²) in [5, 5.41) is 8.75. The first kappa shape index (κ1) is 9.78. The highest BCUT2D eigenvalue weighted by molar-refractivity contribution is 7.12. The molecule has 0 aliphatic heterocycles. The SMILES string of the molecule is NC(=O)CC#Cc1ccc(CO)s1. The van der Waals surface area contributed by atoms with Gasteiger partial charge in [0.05, 0.1) is 17.9 Å². The van der Waals surface area contributed by atoms with E-state index in [0.29, 0.717) is 0 Å². The highest BCUT2D eigenvalue weighted by Crippen LogP contribution is 2.14. The van der Waals surface area contributed by atoms with Crippen LogP contribution < -0.4 is 5.73 Å². The maximum absolute atomic E-state index is 10.3. The van der Waals surface area contributed by atoms with Crippen LogP contribution in [0, 0.1) is 11.8 Å². The summed E-state index contributed by atoms with van der Waals surface area (Å²) < 4.78 is 0. The Hall–Kier alpha value is -1.31. The second-order valence-corrected chi connectivity index (χ2v) is 3.54. The fraction of sp³-hybridized carbons (Fsp3) is 0.222. The highest BCUT2D eigenvalue weighted by Gasteiger charge is 1.94. The number of primary amides is 1. The average Bonchev–Trinajstić information content (AvgIpc) is 2.52. The topological polar surface area (TPSA) is 63.3 Å². The zero-order valence-corrected chi connectivity index (χ0v) is 7.73. The molecule has 1 heterocycles. The lowest BCUT2D eigenvalue weighted by Gasteiger charge is -1.82. The number of carbonyl (C=O) groups excluding carboxylic acids is 1. The summed E-state index contributed by atoms with van der Waals surface area (Å²) in [6.45, 7) is 0.0299. The van der Waals surface area contributed by atoms with E-state index in [9.17, 15) is 4.79 Å². The van der Waals surface area contributed by atoms with Crippen molar-refractivity contribution in [3.05, 3.63) is 21.9 Å². The van der Waals surface area contributed by atoms with Crippen molar-refractivity contribution in [3.8, 4) is 11.8 Å². The van der Waals surface area contributed by atoms with Crippen LogP contribution in [0.1, 0.15) is 16.2 Å². The van der Waals surface area contributed by atoms with E-state index in [0.717, 1.165) is 9.75 Å². The molecule has 0 bridgehead atoms. The minimum absolute atomic E-state index is 0.0299. The molecule has 3 N–H and O–H groups in total. The predicted molar refractivity (Wildman–Crippen MR) is 50.9 cm³/mol. The van der Waals surface area contributed by atoms with Crippen LogP contribution in [0.2, 0.25) is 0 Å². The van der Waals surface area contributed by atoms with Crippen molar-refractivity contribution in [1.82, 2.24) is 0 Å². The molecule has 0 spiro atoms. The molecule has 0 saturated heterocycles. The van der Waals surface area contributed by atoms with Gasteiger partial charge in [-0.05, 0) is 12.1 Å². The second-order valence-electron chi connectivity index (χ2n) is 2.37. The summed E-state index contributed by atoms with van der Waals surface area (Å²) in [5.41, 5.74) is 4.91. The molecular formula is C9H9NO2S. The number of aliphatic hydroxyl groups is 1. The van der Waals surface area contributed by atoms with Crippen LogP contribution in [0.15, 0.2) is 12.1 Å². The lowest BCUT2D eigenvalue weighted by atomic mass is 10.4. The number of aliphatic hydroxyl groups excluding tert-OH is 1. The molecule has 1 amide bonds. The van der Waals surface area contributed by atoms with Crippen LogP contribution in [0.4, 0.5) is 0 Å². The van der Waals surface area contributed by atoms with E-state index >= 15 is 0 Å². The number of thiophene rings is 1. The Bertz CT molecular complexity index is 359. The Labute approximate surface area is 80.2 Å². The summed E-state index contributed by atoms with van der Waals surface area (Å²) in [6, 6.07) is 3.61. The first-order valence-electron chi connectivity index (χ1n) is 3.69. The van der Waals surface area contributed by atoms with Gasteiger partial charge in [-0.2, -0.15) is 0 Å². The molecule has 0 radical (unpaired) electrons. The van der Waals surface area contributed by atoms with Gasteiger partial charge in [-0.15, -0.1) is 11.3 Å². The van der Waals surface area contributed by atoms with E-state index in [1.54, 1.807) is 6.07 Å². The van der Waals surface area contributed by atoms with E-state index in [-0.39, 0.29) is 13.0 Å². The molecule has 1 rings (SSSR count). The van der Waals surface area contributed by atoms with Gasteiger partial charge in [-0.25, -0.2) is 0 Å². The Morgan fingerprint density at radius 3 is 2.92 bits per heavy atom. The Balaban J connectivity index is 2.61. The van der Waals surface area contributed by atoms with Gasteiger partial charge in [0.15, 0.2) is 0 Å². The van der Waals surface area contributed by atoms with E-state index in [1.807, 2.05) is 6.07 Å². The largest absolute Gasteiger partial charge is 0.391 e. The Morgan fingerprint density at radius 2 is 2.38 bits per heavy atom. The van der Waals surface area contributed by atoms with Gasteiger partial charge >= 0.3 is 0 Å². The average molecular weight is 195 g/mol. The number of nitrogens with two attached hydrogens (primary N) is 1. The zero-order chi connectivity index (χ0) is 9.68. The molecule has 4 heteroatoms. The van der Waals surface area contributed by atoms with Gasteiger partial charge in [0.25, 0.3) is 0 Å². The van der Waals surface area contributed by atoms with Gasteiger partial charge in [0, 0.05) is 4.88 Å². The van der Waals surface area contributed by atoms with Gasteiger partial charge in [0.2, 0.25) is 5.91 Å². The fourth-order valence-electron chi connectivity index (χ4n) is 0.748. The second kappa shape index (κ2) is 4.65. The summed E-state index contributed by atoms with van der Waals surface area (Å²) >= 11 is 1.41. The lowest BCUT2D eigenvalue weighted by molar-refractivity contribution is -0.117. The van der Waals surface area contributed by atoms with Gasteiger partial charge < -0.3 is 10.8 Å². The molecule has 0 saturated carbocycles. The van der Waals surface area contributed by atoms with Crippen LogP contribution in [-0.2, 0) is 11.4 Å². The van der Waals surface area contributed by atoms with E-state index in [4.69, 9.17) is 10.8 Å². The van der Waals surface area contributed by atoms with Crippen molar-refractivity contribution < 1.29 is 9.90 Å². The van der Waals surface area contributed by atoms with Crippen molar-refractivity contribution in [2.45, 2.75) is 13.0 Å². The molecule has 0 aromatic carbocycles.